The smallest absolute Gasteiger partial charge is 0.305 e. The molecule has 1 rings (SSSR count). The summed E-state index contributed by atoms with van der Waals surface area (Å²) < 4.78 is 10.5. The van der Waals surface area contributed by atoms with Crippen molar-refractivity contribution in [3.63, 3.8) is 0 Å². The summed E-state index contributed by atoms with van der Waals surface area (Å²) in [6.07, 6.45) is 2.00. The minimum Gasteiger partial charge on any atom is -0.466 e. The van der Waals surface area contributed by atoms with Crippen molar-refractivity contribution >= 4 is 14.0 Å². The van der Waals surface area contributed by atoms with E-state index in [-0.39, 0.29) is 12.1 Å². The zero-order valence-corrected chi connectivity index (χ0v) is 12.3. The fraction of sp³-hybridized carbons (Fsp3) is 0.643. The number of esters is 1. The van der Waals surface area contributed by atoms with Gasteiger partial charge in [0.1, 0.15) is 14.7 Å². The van der Waals surface area contributed by atoms with E-state index in [1.54, 1.807) is 0 Å². The zero-order valence-electron chi connectivity index (χ0n) is 11.3. The first-order valence-corrected chi connectivity index (χ1v) is 9.74. The normalized spacial score (nSPS) is 19.7. The van der Waals surface area contributed by atoms with Gasteiger partial charge in [-0.3, -0.25) is 4.79 Å². The molecule has 0 saturated carbocycles. The minimum atomic E-state index is -1.32. The highest BCUT2D eigenvalue weighted by Crippen LogP contribution is 2.12. The van der Waals surface area contributed by atoms with Gasteiger partial charge in [-0.1, -0.05) is 25.6 Å². The van der Waals surface area contributed by atoms with Gasteiger partial charge in [-0.15, -0.1) is 5.54 Å². The molecule has 0 aromatic carbocycles. The van der Waals surface area contributed by atoms with E-state index in [0.717, 1.165) is 12.8 Å². The first kappa shape index (κ1) is 14.8. The van der Waals surface area contributed by atoms with Crippen molar-refractivity contribution in [3.8, 4) is 23.3 Å². The molecule has 1 fully saturated rings. The van der Waals surface area contributed by atoms with Crippen LogP contribution in [0.15, 0.2) is 0 Å². The highest BCUT2D eigenvalue weighted by Gasteiger charge is 2.17. The molecule has 4 heteroatoms. The molecule has 0 N–H and O–H groups in total. The number of rotatable bonds is 2. The number of ether oxygens (including phenoxy) is 2. The first-order chi connectivity index (χ1) is 8.47. The van der Waals surface area contributed by atoms with E-state index in [2.05, 4.69) is 42.9 Å². The van der Waals surface area contributed by atoms with Crippen LogP contribution in [0.4, 0.5) is 0 Å². The van der Waals surface area contributed by atoms with Gasteiger partial charge in [-0.2, -0.15) is 0 Å². The lowest BCUT2D eigenvalue weighted by Gasteiger charge is -2.10. The molecule has 18 heavy (non-hydrogen) atoms. The third-order valence-corrected chi connectivity index (χ3v) is 3.23. The molecular weight excluding hydrogens is 244 g/mol. The van der Waals surface area contributed by atoms with Crippen molar-refractivity contribution in [2.24, 2.45) is 0 Å². The van der Waals surface area contributed by atoms with E-state index in [9.17, 15) is 4.79 Å². The largest absolute Gasteiger partial charge is 0.466 e. The molecule has 3 nitrogen and oxygen atoms in total. The highest BCUT2D eigenvalue weighted by molar-refractivity contribution is 6.83. The Hall–Kier alpha value is -1.23. The molecule has 1 aliphatic heterocycles. The number of carbonyl (C=O) groups is 1. The van der Waals surface area contributed by atoms with Crippen molar-refractivity contribution in [2.45, 2.75) is 45.0 Å². The van der Waals surface area contributed by atoms with Crippen LogP contribution in [0.3, 0.4) is 0 Å². The van der Waals surface area contributed by atoms with Crippen LogP contribution in [0.5, 0.6) is 0 Å². The maximum Gasteiger partial charge on any atom is 0.305 e. The molecule has 0 aromatic heterocycles. The standard InChI is InChI=1S/C14H20O3Si/c1-18(2,3)12-6-4-5-10-16-13-7-8-14(15)17-11-9-13/h13H,7-11H2,1-3H3. The second kappa shape index (κ2) is 7.26. The quantitative estimate of drug-likeness (QED) is 0.435. The van der Waals surface area contributed by atoms with Gasteiger partial charge in [-0.05, 0) is 18.3 Å². The Morgan fingerprint density at radius 2 is 2.11 bits per heavy atom. The van der Waals surface area contributed by atoms with E-state index < -0.39 is 8.07 Å². The molecule has 1 saturated heterocycles. The van der Waals surface area contributed by atoms with Gasteiger partial charge in [0, 0.05) is 12.8 Å². The van der Waals surface area contributed by atoms with Crippen LogP contribution in [-0.2, 0) is 14.3 Å². The van der Waals surface area contributed by atoms with Gasteiger partial charge in [0.15, 0.2) is 0 Å². The van der Waals surface area contributed by atoms with E-state index in [4.69, 9.17) is 9.47 Å². The maximum absolute atomic E-state index is 11.0. The molecule has 1 unspecified atom stereocenters. The second-order valence-electron chi connectivity index (χ2n) is 5.28. The predicted molar refractivity (Wildman–Crippen MR) is 73.4 cm³/mol. The summed E-state index contributed by atoms with van der Waals surface area (Å²) >= 11 is 0. The Bertz CT molecular complexity index is 401. The monoisotopic (exact) mass is 264 g/mol. The van der Waals surface area contributed by atoms with Crippen molar-refractivity contribution < 1.29 is 14.3 Å². The fourth-order valence-corrected chi connectivity index (χ4v) is 1.86. The predicted octanol–water partition coefficient (Wildman–Crippen LogP) is 1.98. The van der Waals surface area contributed by atoms with Crippen LogP contribution in [0, 0.1) is 23.3 Å². The average Bonchev–Trinajstić information content (AvgIpc) is 2.47. The molecule has 0 radical (unpaired) electrons. The van der Waals surface area contributed by atoms with Crippen LogP contribution in [0.2, 0.25) is 19.6 Å². The average molecular weight is 264 g/mol. The lowest BCUT2D eigenvalue weighted by atomic mass is 10.1. The van der Waals surface area contributed by atoms with Gasteiger partial charge in [-0.25, -0.2) is 0 Å². The lowest BCUT2D eigenvalue weighted by Crippen LogP contribution is -2.16. The Labute approximate surface area is 110 Å². The van der Waals surface area contributed by atoms with E-state index in [1.807, 2.05) is 0 Å². The van der Waals surface area contributed by atoms with E-state index >= 15 is 0 Å². The lowest BCUT2D eigenvalue weighted by molar-refractivity contribution is -0.142. The van der Waals surface area contributed by atoms with Crippen molar-refractivity contribution in [1.82, 2.24) is 0 Å². The summed E-state index contributed by atoms with van der Waals surface area (Å²) in [5, 5.41) is 0. The Balaban J connectivity index is 2.27. The SMILES string of the molecule is C[Si](C)(C)C#CC#CCOC1CCOC(=O)CC1. The molecule has 0 aromatic rings. The maximum atomic E-state index is 11.0. The van der Waals surface area contributed by atoms with Gasteiger partial charge in [0.2, 0.25) is 0 Å². The third kappa shape index (κ3) is 7.16. The number of cyclic esters (lactones) is 1. The third-order valence-electron chi connectivity index (χ3n) is 2.35. The summed E-state index contributed by atoms with van der Waals surface area (Å²) in [6.45, 7) is 7.37. The topological polar surface area (TPSA) is 35.5 Å². The van der Waals surface area contributed by atoms with Gasteiger partial charge in [0.25, 0.3) is 0 Å². The molecule has 98 valence electrons. The summed E-state index contributed by atoms with van der Waals surface area (Å²) in [5.41, 5.74) is 3.17. The molecule has 0 bridgehead atoms. The molecular formula is C14H20O3Si. The van der Waals surface area contributed by atoms with Crippen LogP contribution < -0.4 is 0 Å². The zero-order chi connectivity index (χ0) is 13.4. The minimum absolute atomic E-state index is 0.0794. The Morgan fingerprint density at radius 1 is 1.33 bits per heavy atom. The van der Waals surface area contributed by atoms with E-state index in [1.165, 1.54) is 0 Å². The van der Waals surface area contributed by atoms with Crippen LogP contribution in [-0.4, -0.2) is 33.4 Å². The summed E-state index contributed by atoms with van der Waals surface area (Å²) in [6, 6.07) is 0. The Kier molecular flexibility index (Phi) is 5.98. The molecule has 0 amide bonds. The molecule has 1 atom stereocenters. The molecule has 1 heterocycles. The van der Waals surface area contributed by atoms with Crippen LogP contribution in [0.1, 0.15) is 19.3 Å². The van der Waals surface area contributed by atoms with Crippen molar-refractivity contribution in [1.29, 1.82) is 0 Å². The van der Waals surface area contributed by atoms with E-state index in [0.29, 0.717) is 19.6 Å². The van der Waals surface area contributed by atoms with Gasteiger partial charge < -0.3 is 9.47 Å². The fourth-order valence-electron chi connectivity index (χ4n) is 1.42. The number of carbonyl (C=O) groups excluding carboxylic acids is 1. The first-order valence-electron chi connectivity index (χ1n) is 6.24. The Morgan fingerprint density at radius 3 is 2.83 bits per heavy atom. The summed E-state index contributed by atoms with van der Waals surface area (Å²) in [4.78, 5) is 11.0. The van der Waals surface area contributed by atoms with Crippen molar-refractivity contribution in [2.75, 3.05) is 13.2 Å². The second-order valence-corrected chi connectivity index (χ2v) is 10.0. The summed E-state index contributed by atoms with van der Waals surface area (Å²) in [7, 11) is -1.32. The molecule has 0 aliphatic carbocycles. The highest BCUT2D eigenvalue weighted by atomic mass is 28.3. The number of hydrogen-bond acceptors (Lipinski definition) is 3. The van der Waals surface area contributed by atoms with Crippen molar-refractivity contribution in [3.05, 3.63) is 0 Å². The van der Waals surface area contributed by atoms with Gasteiger partial charge in [0.05, 0.1) is 12.7 Å². The number of hydrogen-bond donors (Lipinski definition) is 0. The molecule has 0 spiro atoms. The molecule has 1 aliphatic rings. The van der Waals surface area contributed by atoms with Gasteiger partial charge >= 0.3 is 5.97 Å². The summed E-state index contributed by atoms with van der Waals surface area (Å²) in [5.74, 6) is 8.44. The van der Waals surface area contributed by atoms with Crippen LogP contribution >= 0.6 is 0 Å². The van der Waals surface area contributed by atoms with Crippen LogP contribution in [0.25, 0.3) is 0 Å².